The minimum Gasteiger partial charge on any atom is -0.327 e. The van der Waals surface area contributed by atoms with Crippen LogP contribution in [0.5, 0.6) is 0 Å². The van der Waals surface area contributed by atoms with Gasteiger partial charge < -0.3 is 19.8 Å². The highest BCUT2D eigenvalue weighted by molar-refractivity contribution is 6.40. The van der Waals surface area contributed by atoms with Gasteiger partial charge in [0.15, 0.2) is 11.6 Å². The van der Waals surface area contributed by atoms with Crippen molar-refractivity contribution in [2.45, 2.75) is 89.8 Å². The lowest BCUT2D eigenvalue weighted by Crippen LogP contribution is -2.43. The number of hydrogen-bond donors (Lipinski definition) is 2. The van der Waals surface area contributed by atoms with E-state index in [1.807, 2.05) is 47.5 Å². The third-order valence-corrected chi connectivity index (χ3v) is 12.8. The van der Waals surface area contributed by atoms with Crippen LogP contribution in [-0.2, 0) is 40.0 Å². The van der Waals surface area contributed by atoms with Gasteiger partial charge in [-0.15, -0.1) is 0 Å². The number of carbonyl (C=O) groups is 2. The number of imidazole rings is 2. The Hall–Kier alpha value is -3.70. The van der Waals surface area contributed by atoms with Crippen LogP contribution in [0.4, 0.5) is 11.4 Å². The third kappa shape index (κ3) is 6.91. The van der Waals surface area contributed by atoms with E-state index in [1.165, 1.54) is 57.8 Å². The summed E-state index contributed by atoms with van der Waals surface area (Å²) in [5.74, 6) is 0.952. The van der Waals surface area contributed by atoms with Gasteiger partial charge in [-0.3, -0.25) is 19.4 Å². The van der Waals surface area contributed by atoms with Crippen molar-refractivity contribution >= 4 is 46.4 Å². The SMILES string of the molecule is Cn1c(C(=O)Nc2cccc(-c3cccc(NC(=O)c4nc5c(n4C)CCN(C4CCC4)C5)c3Cl)c2Cl)nc2c1CCN(CCC1CCCCC1)C2. The van der Waals surface area contributed by atoms with Crippen LogP contribution in [0.15, 0.2) is 36.4 Å². The van der Waals surface area contributed by atoms with Gasteiger partial charge in [-0.1, -0.05) is 86.0 Å². The van der Waals surface area contributed by atoms with Gasteiger partial charge >= 0.3 is 0 Å². The molecule has 0 bridgehead atoms. The molecule has 4 heterocycles. The van der Waals surface area contributed by atoms with Crippen LogP contribution in [-0.4, -0.2) is 66.4 Å². The van der Waals surface area contributed by atoms with Gasteiger partial charge in [-0.25, -0.2) is 9.97 Å². The highest BCUT2D eigenvalue weighted by Gasteiger charge is 2.32. The first-order valence-corrected chi connectivity index (χ1v) is 19.8. The van der Waals surface area contributed by atoms with Crippen LogP contribution < -0.4 is 10.6 Å². The normalized spacial score (nSPS) is 18.5. The van der Waals surface area contributed by atoms with Gasteiger partial charge in [0.1, 0.15) is 0 Å². The van der Waals surface area contributed by atoms with Crippen molar-refractivity contribution in [1.29, 1.82) is 0 Å². The summed E-state index contributed by atoms with van der Waals surface area (Å²) in [4.78, 5) is 41.8. The Morgan fingerprint density at radius 1 is 0.731 bits per heavy atom. The number of carbonyl (C=O) groups excluding carboxylic acids is 2. The molecule has 0 spiro atoms. The number of hydrogen-bond acceptors (Lipinski definition) is 6. The average molecular weight is 744 g/mol. The van der Waals surface area contributed by atoms with Crippen molar-refractivity contribution in [2.75, 3.05) is 30.3 Å². The summed E-state index contributed by atoms with van der Waals surface area (Å²) in [5, 5.41) is 6.70. The molecular weight excluding hydrogens is 695 g/mol. The zero-order valence-electron chi connectivity index (χ0n) is 30.2. The van der Waals surface area contributed by atoms with Crippen LogP contribution in [0.1, 0.15) is 102 Å². The standard InChI is InChI=1S/C40H48Cl2N8O2/c1-47-33-18-21-49(20-17-25-9-4-3-5-10-25)23-31(33)43-37(47)39(51)45-29-15-7-13-27(35(29)41)28-14-8-16-30(36(28)42)46-40(52)38-44-32-24-50(26-11-6-12-26)22-19-34(32)48(38)2/h7-8,13-16,25-26H,3-6,9-12,17-24H2,1-2H3,(H,45,51)(H,46,52). The Morgan fingerprint density at radius 2 is 1.29 bits per heavy atom. The maximum atomic E-state index is 13.7. The van der Waals surface area contributed by atoms with Crippen molar-refractivity contribution in [1.82, 2.24) is 28.9 Å². The largest absolute Gasteiger partial charge is 0.327 e. The van der Waals surface area contributed by atoms with Gasteiger partial charge in [0.05, 0.1) is 32.8 Å². The van der Waals surface area contributed by atoms with Crippen LogP contribution in [0, 0.1) is 5.92 Å². The van der Waals surface area contributed by atoms with Crippen molar-refractivity contribution < 1.29 is 9.59 Å². The van der Waals surface area contributed by atoms with E-state index in [-0.39, 0.29) is 11.8 Å². The van der Waals surface area contributed by atoms with Crippen molar-refractivity contribution in [3.05, 3.63) is 80.9 Å². The summed E-state index contributed by atoms with van der Waals surface area (Å²) < 4.78 is 3.84. The second-order valence-corrected chi connectivity index (χ2v) is 15.9. The van der Waals surface area contributed by atoms with Gasteiger partial charge in [0.2, 0.25) is 0 Å². The number of fused-ring (bicyclic) bond motifs is 2. The predicted octanol–water partition coefficient (Wildman–Crippen LogP) is 7.87. The molecule has 4 aromatic rings. The molecule has 8 rings (SSSR count). The molecule has 2 N–H and O–H groups in total. The van der Waals surface area contributed by atoms with Crippen molar-refractivity contribution in [2.24, 2.45) is 20.0 Å². The molecule has 2 aromatic heterocycles. The average Bonchev–Trinajstić information content (AvgIpc) is 3.64. The second kappa shape index (κ2) is 15.0. The van der Waals surface area contributed by atoms with E-state index in [0.29, 0.717) is 50.2 Å². The molecule has 2 saturated carbocycles. The van der Waals surface area contributed by atoms with E-state index in [4.69, 9.17) is 33.2 Å². The molecule has 0 unspecified atom stereocenters. The zero-order valence-corrected chi connectivity index (χ0v) is 31.7. The molecule has 12 heteroatoms. The highest BCUT2D eigenvalue weighted by atomic mass is 35.5. The molecule has 4 aliphatic rings. The Balaban J connectivity index is 0.953. The first kappa shape index (κ1) is 35.3. The number of anilines is 2. The van der Waals surface area contributed by atoms with Gasteiger partial charge in [0, 0.05) is 81.7 Å². The Bertz CT molecular complexity index is 1990. The van der Waals surface area contributed by atoms with Crippen LogP contribution in [0.3, 0.4) is 0 Å². The fraction of sp³-hybridized carbons (Fsp3) is 0.500. The summed E-state index contributed by atoms with van der Waals surface area (Å²) in [6, 6.07) is 11.5. The molecule has 2 fully saturated rings. The van der Waals surface area contributed by atoms with Crippen LogP contribution in [0.2, 0.25) is 10.0 Å². The molecule has 0 atom stereocenters. The fourth-order valence-corrected chi connectivity index (χ4v) is 9.21. The number of nitrogens with zero attached hydrogens (tertiary/aromatic N) is 6. The molecule has 0 radical (unpaired) electrons. The molecule has 2 aliphatic heterocycles. The third-order valence-electron chi connectivity index (χ3n) is 12.0. The summed E-state index contributed by atoms with van der Waals surface area (Å²) >= 11 is 13.9. The first-order chi connectivity index (χ1) is 25.2. The maximum absolute atomic E-state index is 13.7. The lowest BCUT2D eigenvalue weighted by atomic mass is 9.87. The number of benzene rings is 2. The summed E-state index contributed by atoms with van der Waals surface area (Å²) in [6.07, 6.45) is 13.6. The molecule has 52 heavy (non-hydrogen) atoms. The maximum Gasteiger partial charge on any atom is 0.291 e. The predicted molar refractivity (Wildman–Crippen MR) is 206 cm³/mol. The van der Waals surface area contributed by atoms with Gasteiger partial charge in [-0.2, -0.15) is 0 Å². The van der Waals surface area contributed by atoms with Crippen molar-refractivity contribution in [3.8, 4) is 11.1 Å². The van der Waals surface area contributed by atoms with E-state index in [0.717, 1.165) is 74.3 Å². The smallest absolute Gasteiger partial charge is 0.291 e. The van der Waals surface area contributed by atoms with Crippen LogP contribution in [0.25, 0.3) is 11.1 Å². The van der Waals surface area contributed by atoms with Gasteiger partial charge in [0.25, 0.3) is 11.8 Å². The topological polar surface area (TPSA) is 100 Å². The summed E-state index contributed by atoms with van der Waals surface area (Å²) in [6.45, 7) is 4.62. The first-order valence-electron chi connectivity index (χ1n) is 19.0. The minimum atomic E-state index is -0.316. The van der Waals surface area contributed by atoms with Crippen LogP contribution >= 0.6 is 23.2 Å². The lowest BCUT2D eigenvalue weighted by Gasteiger charge is -2.39. The Labute approximate surface area is 315 Å². The van der Waals surface area contributed by atoms with Gasteiger partial charge in [-0.05, 0) is 43.9 Å². The van der Waals surface area contributed by atoms with E-state index in [9.17, 15) is 9.59 Å². The highest BCUT2D eigenvalue weighted by Crippen LogP contribution is 2.40. The van der Waals surface area contributed by atoms with E-state index >= 15 is 0 Å². The zero-order chi connectivity index (χ0) is 35.9. The Kier molecular flexibility index (Phi) is 10.2. The lowest BCUT2D eigenvalue weighted by molar-refractivity contribution is 0.100. The quantitative estimate of drug-likeness (QED) is 0.181. The monoisotopic (exact) mass is 742 g/mol. The molecule has 2 aliphatic carbocycles. The number of nitrogens with one attached hydrogen (secondary N) is 2. The second-order valence-electron chi connectivity index (χ2n) is 15.1. The summed E-state index contributed by atoms with van der Waals surface area (Å²) in [5.41, 5.74) is 6.38. The fourth-order valence-electron chi connectivity index (χ4n) is 8.66. The molecular formula is C40H48Cl2N8O2. The van der Waals surface area contributed by atoms with Crippen molar-refractivity contribution in [3.63, 3.8) is 0 Å². The minimum absolute atomic E-state index is 0.314. The molecule has 274 valence electrons. The number of amides is 2. The summed E-state index contributed by atoms with van der Waals surface area (Å²) in [7, 11) is 3.82. The molecule has 2 amide bonds. The molecule has 2 aromatic carbocycles. The number of rotatable bonds is 9. The van der Waals surface area contributed by atoms with E-state index in [1.54, 1.807) is 12.1 Å². The van der Waals surface area contributed by atoms with E-state index < -0.39 is 0 Å². The van der Waals surface area contributed by atoms with E-state index in [2.05, 4.69) is 20.4 Å². The molecule has 0 saturated heterocycles. The Morgan fingerprint density at radius 3 is 1.85 bits per heavy atom. The number of halogens is 2. The molecule has 10 nitrogen and oxygen atoms in total. The number of aromatic nitrogens is 4.